The predicted octanol–water partition coefficient (Wildman–Crippen LogP) is 3.15. The summed E-state index contributed by atoms with van der Waals surface area (Å²) in [7, 11) is 0. The first kappa shape index (κ1) is 14.6. The third-order valence-electron chi connectivity index (χ3n) is 3.27. The lowest BCUT2D eigenvalue weighted by Gasteiger charge is -2.28. The molecule has 1 aromatic carbocycles. The lowest BCUT2D eigenvalue weighted by Crippen LogP contribution is -2.25. The second-order valence-corrected chi connectivity index (χ2v) is 5.34. The topological polar surface area (TPSA) is 55.8 Å². The van der Waals surface area contributed by atoms with Gasteiger partial charge in [-0.25, -0.2) is 8.78 Å². The molecular formula is C14H16F2O4. The zero-order chi connectivity index (χ0) is 14.9. The van der Waals surface area contributed by atoms with Gasteiger partial charge in [-0.2, -0.15) is 0 Å². The summed E-state index contributed by atoms with van der Waals surface area (Å²) < 4.78 is 37.1. The molecule has 1 aliphatic heterocycles. The van der Waals surface area contributed by atoms with Crippen LogP contribution in [-0.2, 0) is 10.2 Å². The molecule has 110 valence electrons. The molecule has 0 bridgehead atoms. The van der Waals surface area contributed by atoms with Gasteiger partial charge in [0.15, 0.2) is 11.5 Å². The first-order valence-corrected chi connectivity index (χ1v) is 6.25. The van der Waals surface area contributed by atoms with E-state index in [2.05, 4.69) is 0 Å². The van der Waals surface area contributed by atoms with Gasteiger partial charge in [0.2, 0.25) is 0 Å². The SMILES string of the molecule is CC(C)(CC(=O)O)c1cc2c(cc1C(F)F)OCCO2. The van der Waals surface area contributed by atoms with Crippen molar-refractivity contribution >= 4 is 5.97 Å². The Labute approximate surface area is 115 Å². The fourth-order valence-corrected chi connectivity index (χ4v) is 2.34. The van der Waals surface area contributed by atoms with Crippen molar-refractivity contribution in [2.45, 2.75) is 32.1 Å². The number of fused-ring (bicyclic) bond motifs is 1. The molecule has 0 unspecified atom stereocenters. The summed E-state index contributed by atoms with van der Waals surface area (Å²) in [5.41, 5.74) is -0.854. The molecule has 0 amide bonds. The van der Waals surface area contributed by atoms with E-state index < -0.39 is 17.8 Å². The molecule has 0 fully saturated rings. The van der Waals surface area contributed by atoms with E-state index in [1.807, 2.05) is 0 Å². The minimum Gasteiger partial charge on any atom is -0.486 e. The van der Waals surface area contributed by atoms with Gasteiger partial charge in [-0.3, -0.25) is 4.79 Å². The molecule has 1 N–H and O–H groups in total. The van der Waals surface area contributed by atoms with Gasteiger partial charge in [-0.15, -0.1) is 0 Å². The van der Waals surface area contributed by atoms with Gasteiger partial charge in [0, 0.05) is 11.0 Å². The second kappa shape index (κ2) is 5.26. The number of halogens is 2. The number of benzene rings is 1. The molecule has 1 aromatic rings. The number of ether oxygens (including phenoxy) is 2. The predicted molar refractivity (Wildman–Crippen MR) is 67.7 cm³/mol. The molecule has 1 aliphatic rings. The third kappa shape index (κ3) is 2.84. The standard InChI is InChI=1S/C14H16F2O4/c1-14(2,7-12(17)18)9-6-11-10(19-3-4-20-11)5-8(9)13(15)16/h5-6,13H,3-4,7H2,1-2H3,(H,17,18). The Balaban J connectivity index is 2.52. The normalized spacial score (nSPS) is 14.4. The summed E-state index contributed by atoms with van der Waals surface area (Å²) in [5.74, 6) is -0.374. The molecule has 0 aromatic heterocycles. The van der Waals surface area contributed by atoms with E-state index in [0.29, 0.717) is 19.0 Å². The van der Waals surface area contributed by atoms with E-state index >= 15 is 0 Å². The van der Waals surface area contributed by atoms with Gasteiger partial charge >= 0.3 is 5.97 Å². The van der Waals surface area contributed by atoms with Gasteiger partial charge < -0.3 is 14.6 Å². The average molecular weight is 286 g/mol. The lowest BCUT2D eigenvalue weighted by molar-refractivity contribution is -0.138. The molecule has 4 nitrogen and oxygen atoms in total. The Bertz CT molecular complexity index is 526. The van der Waals surface area contributed by atoms with Crippen molar-refractivity contribution in [3.63, 3.8) is 0 Å². The van der Waals surface area contributed by atoms with Crippen molar-refractivity contribution in [3.8, 4) is 11.5 Å². The number of carboxylic acids is 1. The maximum atomic E-state index is 13.2. The van der Waals surface area contributed by atoms with Crippen molar-refractivity contribution in [2.75, 3.05) is 13.2 Å². The first-order valence-electron chi connectivity index (χ1n) is 6.25. The highest BCUT2D eigenvalue weighted by Gasteiger charge is 2.31. The Morgan fingerprint density at radius 1 is 1.30 bits per heavy atom. The van der Waals surface area contributed by atoms with Crippen LogP contribution in [0, 0.1) is 0 Å². The zero-order valence-corrected chi connectivity index (χ0v) is 11.3. The van der Waals surface area contributed by atoms with Crippen LogP contribution in [0.2, 0.25) is 0 Å². The van der Waals surface area contributed by atoms with E-state index in [0.717, 1.165) is 0 Å². The number of aliphatic carboxylic acids is 1. The fraction of sp³-hybridized carbons (Fsp3) is 0.500. The Kier molecular flexibility index (Phi) is 3.83. The maximum absolute atomic E-state index is 13.2. The summed E-state index contributed by atoms with van der Waals surface area (Å²) >= 11 is 0. The van der Waals surface area contributed by atoms with E-state index in [1.54, 1.807) is 13.8 Å². The number of carbonyl (C=O) groups is 1. The third-order valence-corrected chi connectivity index (χ3v) is 3.27. The van der Waals surface area contributed by atoms with Crippen molar-refractivity contribution in [3.05, 3.63) is 23.3 Å². The molecule has 2 rings (SSSR count). The van der Waals surface area contributed by atoms with E-state index in [9.17, 15) is 13.6 Å². The van der Waals surface area contributed by atoms with E-state index in [-0.39, 0.29) is 23.3 Å². The van der Waals surface area contributed by atoms with Crippen molar-refractivity contribution < 1.29 is 28.2 Å². The molecule has 0 saturated carbocycles. The van der Waals surface area contributed by atoms with Crippen molar-refractivity contribution in [1.82, 2.24) is 0 Å². The average Bonchev–Trinajstić information content (AvgIpc) is 2.35. The highest BCUT2D eigenvalue weighted by Crippen LogP contribution is 2.42. The number of alkyl halides is 2. The molecule has 20 heavy (non-hydrogen) atoms. The molecule has 0 spiro atoms. The summed E-state index contributed by atoms with van der Waals surface area (Å²) in [6.07, 6.45) is -2.94. The van der Waals surface area contributed by atoms with Gasteiger partial charge in [0.1, 0.15) is 13.2 Å². The van der Waals surface area contributed by atoms with Gasteiger partial charge in [0.25, 0.3) is 6.43 Å². The van der Waals surface area contributed by atoms with Gasteiger partial charge in [-0.05, 0) is 17.7 Å². The number of carboxylic acid groups (broad SMARTS) is 1. The van der Waals surface area contributed by atoms with Crippen molar-refractivity contribution in [1.29, 1.82) is 0 Å². The Morgan fingerprint density at radius 3 is 2.35 bits per heavy atom. The van der Waals surface area contributed by atoms with Gasteiger partial charge in [0.05, 0.1) is 6.42 Å². The van der Waals surface area contributed by atoms with Crippen LogP contribution in [0.1, 0.15) is 37.8 Å². The fourth-order valence-electron chi connectivity index (χ4n) is 2.34. The van der Waals surface area contributed by atoms with Crippen LogP contribution in [0.15, 0.2) is 12.1 Å². The Hall–Kier alpha value is -1.85. The lowest BCUT2D eigenvalue weighted by atomic mass is 9.79. The molecule has 0 radical (unpaired) electrons. The van der Waals surface area contributed by atoms with Crippen LogP contribution >= 0.6 is 0 Å². The van der Waals surface area contributed by atoms with Crippen molar-refractivity contribution in [2.24, 2.45) is 0 Å². The van der Waals surface area contributed by atoms with Gasteiger partial charge in [-0.1, -0.05) is 13.8 Å². The highest BCUT2D eigenvalue weighted by molar-refractivity contribution is 5.69. The van der Waals surface area contributed by atoms with Crippen LogP contribution in [0.3, 0.4) is 0 Å². The minimum atomic E-state index is -2.70. The largest absolute Gasteiger partial charge is 0.486 e. The number of hydrogen-bond donors (Lipinski definition) is 1. The smallest absolute Gasteiger partial charge is 0.304 e. The summed E-state index contributed by atoms with van der Waals surface area (Å²) in [6, 6.07) is 2.72. The van der Waals surface area contributed by atoms with Crippen LogP contribution in [0.25, 0.3) is 0 Å². The second-order valence-electron chi connectivity index (χ2n) is 5.34. The van der Waals surface area contributed by atoms with Crippen LogP contribution in [0.4, 0.5) is 8.78 Å². The highest BCUT2D eigenvalue weighted by atomic mass is 19.3. The van der Waals surface area contributed by atoms with E-state index in [1.165, 1.54) is 12.1 Å². The summed E-state index contributed by atoms with van der Waals surface area (Å²) in [5, 5.41) is 8.93. The maximum Gasteiger partial charge on any atom is 0.304 e. The molecule has 0 saturated heterocycles. The number of hydrogen-bond acceptors (Lipinski definition) is 3. The molecule has 6 heteroatoms. The molecule has 0 atom stereocenters. The molecular weight excluding hydrogens is 270 g/mol. The van der Waals surface area contributed by atoms with Crippen LogP contribution < -0.4 is 9.47 Å². The number of rotatable bonds is 4. The molecule has 1 heterocycles. The zero-order valence-electron chi connectivity index (χ0n) is 11.3. The summed E-state index contributed by atoms with van der Waals surface area (Å²) in [4.78, 5) is 10.9. The Morgan fingerprint density at radius 2 is 1.85 bits per heavy atom. The molecule has 0 aliphatic carbocycles. The van der Waals surface area contributed by atoms with Crippen LogP contribution in [0.5, 0.6) is 11.5 Å². The minimum absolute atomic E-state index is 0.208. The van der Waals surface area contributed by atoms with E-state index in [4.69, 9.17) is 14.6 Å². The summed E-state index contributed by atoms with van der Waals surface area (Å²) in [6.45, 7) is 3.91. The van der Waals surface area contributed by atoms with Crippen LogP contribution in [-0.4, -0.2) is 24.3 Å². The monoisotopic (exact) mass is 286 g/mol. The quantitative estimate of drug-likeness (QED) is 0.923. The first-order chi connectivity index (χ1) is 9.31.